The molecule has 3 rings (SSSR count). The van der Waals surface area contributed by atoms with Crippen molar-refractivity contribution in [3.05, 3.63) is 52.8 Å². The van der Waals surface area contributed by atoms with Gasteiger partial charge in [0.15, 0.2) is 0 Å². The summed E-state index contributed by atoms with van der Waals surface area (Å²) < 4.78 is 46.8. The quantitative estimate of drug-likeness (QED) is 0.792. The number of alkyl halides is 3. The molecular weight excluding hydrogens is 371 g/mol. The van der Waals surface area contributed by atoms with Crippen molar-refractivity contribution in [1.82, 2.24) is 14.7 Å². The van der Waals surface area contributed by atoms with Gasteiger partial charge in [0.25, 0.3) is 5.91 Å². The summed E-state index contributed by atoms with van der Waals surface area (Å²) in [5.41, 5.74) is 0.186. The van der Waals surface area contributed by atoms with E-state index < -0.39 is 11.7 Å². The summed E-state index contributed by atoms with van der Waals surface area (Å²) in [6.45, 7) is 6.44. The lowest BCUT2D eigenvalue weighted by atomic mass is 9.92. The summed E-state index contributed by atoms with van der Waals surface area (Å²) in [5.74, 6) is -0.351. The molecule has 0 saturated carbocycles. The molecule has 0 bridgehead atoms. The van der Waals surface area contributed by atoms with E-state index in [4.69, 9.17) is 4.74 Å². The maximum absolute atomic E-state index is 13.4. The van der Waals surface area contributed by atoms with Crippen molar-refractivity contribution in [2.75, 3.05) is 13.2 Å². The average Bonchev–Trinajstić information content (AvgIpc) is 2.93. The number of hydrogen-bond donors (Lipinski definition) is 0. The maximum Gasteiger partial charge on any atom is 0.416 e. The van der Waals surface area contributed by atoms with Gasteiger partial charge in [-0.3, -0.25) is 9.48 Å². The molecule has 0 spiro atoms. The van der Waals surface area contributed by atoms with Crippen LogP contribution in [0.1, 0.15) is 48.1 Å². The molecule has 1 fully saturated rings. The minimum absolute atomic E-state index is 0.0634. The van der Waals surface area contributed by atoms with Crippen LogP contribution < -0.4 is 0 Å². The van der Waals surface area contributed by atoms with Crippen LogP contribution in [0, 0.1) is 0 Å². The lowest BCUT2D eigenvalue weighted by Crippen LogP contribution is -2.51. The van der Waals surface area contributed by atoms with Gasteiger partial charge in [0.2, 0.25) is 0 Å². The van der Waals surface area contributed by atoms with Crippen molar-refractivity contribution in [3.8, 4) is 0 Å². The summed E-state index contributed by atoms with van der Waals surface area (Å²) in [4.78, 5) is 14.7. The zero-order valence-corrected chi connectivity index (χ0v) is 16.4. The van der Waals surface area contributed by atoms with Gasteiger partial charge in [0.05, 0.1) is 30.5 Å². The molecule has 1 amide bonds. The molecule has 2 heterocycles. The van der Waals surface area contributed by atoms with Crippen molar-refractivity contribution in [3.63, 3.8) is 0 Å². The number of nitrogens with zero attached hydrogens (tertiary/aromatic N) is 3. The molecule has 8 heteroatoms. The molecule has 0 radical (unpaired) electrons. The standard InChI is InChI=1S/C20H24F3N3O2/c1-19(2,3)17-9-16(25(4)24-17)18(27)26(14-11-28-12-14)10-13-7-5-6-8-15(13)20(21,22)23/h5-9,14H,10-12H2,1-4H3. The zero-order valence-electron chi connectivity index (χ0n) is 16.4. The first-order valence-corrected chi connectivity index (χ1v) is 9.07. The van der Waals surface area contributed by atoms with Crippen LogP contribution in [0.3, 0.4) is 0 Å². The molecule has 0 atom stereocenters. The van der Waals surface area contributed by atoms with Crippen LogP contribution >= 0.6 is 0 Å². The Morgan fingerprint density at radius 1 is 1.25 bits per heavy atom. The largest absolute Gasteiger partial charge is 0.416 e. The highest BCUT2D eigenvalue weighted by atomic mass is 19.4. The lowest BCUT2D eigenvalue weighted by molar-refractivity contribution is -0.138. The van der Waals surface area contributed by atoms with Crippen molar-refractivity contribution in [2.45, 2.75) is 44.9 Å². The lowest BCUT2D eigenvalue weighted by Gasteiger charge is -2.37. The minimum Gasteiger partial charge on any atom is -0.377 e. The monoisotopic (exact) mass is 395 g/mol. The van der Waals surface area contributed by atoms with E-state index >= 15 is 0 Å². The first-order chi connectivity index (χ1) is 13.0. The topological polar surface area (TPSA) is 47.4 Å². The Balaban J connectivity index is 1.95. The van der Waals surface area contributed by atoms with E-state index in [-0.39, 0.29) is 29.5 Å². The van der Waals surface area contributed by atoms with Crippen LogP contribution in [-0.4, -0.2) is 39.8 Å². The van der Waals surface area contributed by atoms with Crippen LogP contribution in [0.5, 0.6) is 0 Å². The van der Waals surface area contributed by atoms with Gasteiger partial charge in [-0.15, -0.1) is 0 Å². The smallest absolute Gasteiger partial charge is 0.377 e. The Kier molecular flexibility index (Phi) is 5.27. The molecule has 1 aliphatic rings. The Labute approximate surface area is 162 Å². The molecule has 1 aromatic carbocycles. The van der Waals surface area contributed by atoms with Gasteiger partial charge in [-0.2, -0.15) is 18.3 Å². The van der Waals surface area contributed by atoms with Crippen molar-refractivity contribution < 1.29 is 22.7 Å². The van der Waals surface area contributed by atoms with Gasteiger partial charge >= 0.3 is 6.18 Å². The van der Waals surface area contributed by atoms with E-state index in [1.807, 2.05) is 20.8 Å². The van der Waals surface area contributed by atoms with E-state index in [0.717, 1.165) is 11.8 Å². The Bertz CT molecular complexity index is 864. The molecule has 152 valence electrons. The fourth-order valence-corrected chi connectivity index (χ4v) is 3.07. The number of aryl methyl sites for hydroxylation is 1. The summed E-state index contributed by atoms with van der Waals surface area (Å²) >= 11 is 0. The Morgan fingerprint density at radius 3 is 2.39 bits per heavy atom. The maximum atomic E-state index is 13.4. The summed E-state index contributed by atoms with van der Waals surface area (Å²) in [7, 11) is 1.67. The predicted molar refractivity (Wildman–Crippen MR) is 97.8 cm³/mol. The third kappa shape index (κ3) is 4.06. The SMILES string of the molecule is Cn1nc(C(C)(C)C)cc1C(=O)N(Cc1ccccc1C(F)(F)F)C1COC1. The van der Waals surface area contributed by atoms with Crippen LogP contribution in [0.25, 0.3) is 0 Å². The number of rotatable bonds is 4. The van der Waals surface area contributed by atoms with Crippen molar-refractivity contribution >= 4 is 5.91 Å². The number of benzene rings is 1. The second-order valence-corrected chi connectivity index (χ2v) is 8.07. The van der Waals surface area contributed by atoms with Crippen molar-refractivity contribution in [1.29, 1.82) is 0 Å². The van der Waals surface area contributed by atoms with E-state index in [2.05, 4.69) is 5.10 Å². The molecule has 1 aromatic heterocycles. The second kappa shape index (κ2) is 7.24. The fourth-order valence-electron chi connectivity index (χ4n) is 3.07. The molecule has 0 N–H and O–H groups in total. The first-order valence-electron chi connectivity index (χ1n) is 9.07. The van der Waals surface area contributed by atoms with Gasteiger partial charge in [0, 0.05) is 19.0 Å². The van der Waals surface area contributed by atoms with Gasteiger partial charge in [0.1, 0.15) is 5.69 Å². The number of carbonyl (C=O) groups is 1. The summed E-state index contributed by atoms with van der Waals surface area (Å²) in [6, 6.07) is 6.80. The van der Waals surface area contributed by atoms with Crippen LogP contribution in [0.15, 0.2) is 30.3 Å². The number of amides is 1. The molecule has 5 nitrogen and oxygen atoms in total. The van der Waals surface area contributed by atoms with Crippen LogP contribution in [-0.2, 0) is 29.9 Å². The number of aromatic nitrogens is 2. The Hall–Kier alpha value is -2.35. The minimum atomic E-state index is -4.48. The number of halogens is 3. The molecule has 1 saturated heterocycles. The average molecular weight is 395 g/mol. The zero-order chi connectivity index (χ0) is 20.7. The summed E-state index contributed by atoms with van der Waals surface area (Å²) in [6.07, 6.45) is -4.48. The van der Waals surface area contributed by atoms with Gasteiger partial charge in [-0.1, -0.05) is 39.0 Å². The molecule has 2 aromatic rings. The fraction of sp³-hybridized carbons (Fsp3) is 0.500. The molecule has 1 aliphatic heterocycles. The van der Waals surface area contributed by atoms with Crippen molar-refractivity contribution in [2.24, 2.45) is 7.05 Å². The molecule has 28 heavy (non-hydrogen) atoms. The highest BCUT2D eigenvalue weighted by molar-refractivity contribution is 5.93. The van der Waals surface area contributed by atoms with E-state index in [1.165, 1.54) is 21.7 Å². The third-order valence-corrected chi connectivity index (χ3v) is 4.85. The highest BCUT2D eigenvalue weighted by Crippen LogP contribution is 2.33. The van der Waals surface area contributed by atoms with Gasteiger partial charge in [-0.25, -0.2) is 0 Å². The second-order valence-electron chi connectivity index (χ2n) is 8.07. The number of hydrogen-bond acceptors (Lipinski definition) is 3. The normalized spacial score (nSPS) is 15.4. The van der Waals surface area contributed by atoms with Crippen LogP contribution in [0.2, 0.25) is 0 Å². The predicted octanol–water partition coefficient (Wildman–Crippen LogP) is 3.78. The van der Waals surface area contributed by atoms with E-state index in [9.17, 15) is 18.0 Å². The number of carbonyl (C=O) groups excluding carboxylic acids is 1. The summed E-state index contributed by atoms with van der Waals surface area (Å²) in [5, 5.41) is 4.41. The molecule has 0 aliphatic carbocycles. The molecule has 0 unspecified atom stereocenters. The van der Waals surface area contributed by atoms with Gasteiger partial charge in [-0.05, 0) is 17.7 Å². The van der Waals surface area contributed by atoms with E-state index in [0.29, 0.717) is 18.9 Å². The highest BCUT2D eigenvalue weighted by Gasteiger charge is 2.37. The number of ether oxygens (including phenoxy) is 1. The van der Waals surface area contributed by atoms with Gasteiger partial charge < -0.3 is 9.64 Å². The first kappa shape index (κ1) is 20.4. The third-order valence-electron chi connectivity index (χ3n) is 4.85. The van der Waals surface area contributed by atoms with E-state index in [1.54, 1.807) is 19.2 Å². The van der Waals surface area contributed by atoms with Crippen LogP contribution in [0.4, 0.5) is 13.2 Å². The molecular formula is C20H24F3N3O2. The Morgan fingerprint density at radius 2 is 1.89 bits per heavy atom.